The number of rotatable bonds is 2. The highest BCUT2D eigenvalue weighted by Gasteiger charge is 2.10. The van der Waals surface area contributed by atoms with Gasteiger partial charge in [0.15, 0.2) is 11.6 Å². The molecule has 0 unspecified atom stereocenters. The van der Waals surface area contributed by atoms with Gasteiger partial charge in [0, 0.05) is 23.7 Å². The van der Waals surface area contributed by atoms with E-state index in [1.165, 1.54) is 0 Å². The maximum Gasteiger partial charge on any atom is 0.199 e. The fourth-order valence-corrected chi connectivity index (χ4v) is 1.44. The third kappa shape index (κ3) is 1.84. The first-order valence-corrected chi connectivity index (χ1v) is 5.12. The lowest BCUT2D eigenvalue weighted by molar-refractivity contribution is 0.965. The van der Waals surface area contributed by atoms with E-state index in [0.29, 0.717) is 17.5 Å². The van der Waals surface area contributed by atoms with Crippen molar-refractivity contribution in [1.82, 2.24) is 19.9 Å². The van der Waals surface area contributed by atoms with Crippen molar-refractivity contribution in [3.8, 4) is 11.6 Å². The smallest absolute Gasteiger partial charge is 0.199 e. The molecule has 0 saturated carbocycles. The van der Waals surface area contributed by atoms with E-state index in [1.807, 2.05) is 13.8 Å². The maximum absolute atomic E-state index is 5.83. The SMILES string of the molecule is CCc1nc(-c2ncccn2)nc(N)c1C. The third-order valence-corrected chi connectivity index (χ3v) is 2.38. The van der Waals surface area contributed by atoms with E-state index in [-0.39, 0.29) is 0 Å². The van der Waals surface area contributed by atoms with Crippen molar-refractivity contribution in [2.45, 2.75) is 20.3 Å². The summed E-state index contributed by atoms with van der Waals surface area (Å²) in [4.78, 5) is 16.8. The molecule has 0 amide bonds. The summed E-state index contributed by atoms with van der Waals surface area (Å²) < 4.78 is 0. The molecule has 0 aliphatic carbocycles. The fourth-order valence-electron chi connectivity index (χ4n) is 1.44. The molecule has 82 valence electrons. The molecule has 0 fully saturated rings. The van der Waals surface area contributed by atoms with Crippen LogP contribution >= 0.6 is 0 Å². The van der Waals surface area contributed by atoms with Crippen molar-refractivity contribution in [1.29, 1.82) is 0 Å². The van der Waals surface area contributed by atoms with E-state index in [4.69, 9.17) is 5.73 Å². The van der Waals surface area contributed by atoms with Crippen molar-refractivity contribution < 1.29 is 0 Å². The average Bonchev–Trinajstić information content (AvgIpc) is 2.33. The minimum Gasteiger partial charge on any atom is -0.383 e. The van der Waals surface area contributed by atoms with E-state index < -0.39 is 0 Å². The van der Waals surface area contributed by atoms with Gasteiger partial charge < -0.3 is 5.73 Å². The standard InChI is InChI=1S/C11H13N5/c1-3-8-7(2)9(12)16-11(15-8)10-13-5-4-6-14-10/h4-6H,3H2,1-2H3,(H2,12,15,16). The first-order chi connectivity index (χ1) is 7.72. The number of aromatic nitrogens is 4. The van der Waals surface area contributed by atoms with E-state index >= 15 is 0 Å². The Labute approximate surface area is 93.8 Å². The van der Waals surface area contributed by atoms with Crippen LogP contribution in [0.4, 0.5) is 5.82 Å². The Morgan fingerprint density at radius 2 is 1.81 bits per heavy atom. The van der Waals surface area contributed by atoms with Crippen molar-refractivity contribution in [3.63, 3.8) is 0 Å². The number of hydrogen-bond acceptors (Lipinski definition) is 5. The van der Waals surface area contributed by atoms with Gasteiger partial charge in [-0.15, -0.1) is 0 Å². The number of hydrogen-bond donors (Lipinski definition) is 1. The average molecular weight is 215 g/mol. The summed E-state index contributed by atoms with van der Waals surface area (Å²) in [6.07, 6.45) is 4.14. The Morgan fingerprint density at radius 1 is 1.12 bits per heavy atom. The molecule has 0 aliphatic rings. The minimum atomic E-state index is 0.487. The lowest BCUT2D eigenvalue weighted by Gasteiger charge is -2.07. The predicted octanol–water partition coefficient (Wildman–Crippen LogP) is 1.39. The van der Waals surface area contributed by atoms with Gasteiger partial charge in [-0.25, -0.2) is 19.9 Å². The van der Waals surface area contributed by atoms with Crippen LogP contribution in [0.25, 0.3) is 11.6 Å². The van der Waals surface area contributed by atoms with Crippen molar-refractivity contribution in [2.24, 2.45) is 0 Å². The zero-order valence-electron chi connectivity index (χ0n) is 9.31. The van der Waals surface area contributed by atoms with Crippen molar-refractivity contribution >= 4 is 5.82 Å². The van der Waals surface area contributed by atoms with Gasteiger partial charge in [-0.2, -0.15) is 0 Å². The largest absolute Gasteiger partial charge is 0.383 e. The number of nitrogens with zero attached hydrogens (tertiary/aromatic N) is 4. The molecule has 0 saturated heterocycles. The number of aryl methyl sites for hydroxylation is 1. The Hall–Kier alpha value is -2.04. The van der Waals surface area contributed by atoms with Crippen LogP contribution < -0.4 is 5.73 Å². The van der Waals surface area contributed by atoms with Gasteiger partial charge in [-0.3, -0.25) is 0 Å². The molecule has 2 heterocycles. The number of nitrogens with two attached hydrogens (primary N) is 1. The zero-order chi connectivity index (χ0) is 11.5. The summed E-state index contributed by atoms with van der Waals surface area (Å²) in [5.41, 5.74) is 7.70. The molecule has 16 heavy (non-hydrogen) atoms. The lowest BCUT2D eigenvalue weighted by Crippen LogP contribution is -2.05. The summed E-state index contributed by atoms with van der Waals surface area (Å²) in [5, 5.41) is 0. The molecule has 5 heteroatoms. The molecular formula is C11H13N5. The van der Waals surface area contributed by atoms with E-state index in [0.717, 1.165) is 17.7 Å². The second kappa shape index (κ2) is 4.22. The molecule has 0 radical (unpaired) electrons. The summed E-state index contributed by atoms with van der Waals surface area (Å²) in [5.74, 6) is 1.48. The zero-order valence-corrected chi connectivity index (χ0v) is 9.31. The maximum atomic E-state index is 5.83. The summed E-state index contributed by atoms with van der Waals surface area (Å²) in [6, 6.07) is 1.75. The Kier molecular flexibility index (Phi) is 2.76. The summed E-state index contributed by atoms with van der Waals surface area (Å²) in [7, 11) is 0. The molecule has 0 bridgehead atoms. The van der Waals surface area contributed by atoms with Crippen LogP contribution in [-0.4, -0.2) is 19.9 Å². The van der Waals surface area contributed by atoms with Crippen LogP contribution in [0.3, 0.4) is 0 Å². The predicted molar refractivity (Wildman–Crippen MR) is 61.6 cm³/mol. The quantitative estimate of drug-likeness (QED) is 0.819. The van der Waals surface area contributed by atoms with E-state index in [1.54, 1.807) is 18.5 Å². The van der Waals surface area contributed by atoms with Gasteiger partial charge in [0.05, 0.1) is 0 Å². The molecule has 5 nitrogen and oxygen atoms in total. The van der Waals surface area contributed by atoms with Gasteiger partial charge in [-0.1, -0.05) is 6.92 Å². The molecule has 2 aromatic rings. The second-order valence-electron chi connectivity index (χ2n) is 3.43. The Bertz CT molecular complexity index is 495. The normalized spacial score (nSPS) is 10.4. The first kappa shape index (κ1) is 10.5. The molecular weight excluding hydrogens is 202 g/mol. The van der Waals surface area contributed by atoms with Crippen LogP contribution in [0.15, 0.2) is 18.5 Å². The lowest BCUT2D eigenvalue weighted by atomic mass is 10.2. The number of anilines is 1. The highest BCUT2D eigenvalue weighted by molar-refractivity contribution is 5.51. The Morgan fingerprint density at radius 3 is 2.44 bits per heavy atom. The van der Waals surface area contributed by atoms with Crippen LogP contribution in [0.2, 0.25) is 0 Å². The second-order valence-corrected chi connectivity index (χ2v) is 3.43. The molecule has 2 rings (SSSR count). The van der Waals surface area contributed by atoms with Gasteiger partial charge in [0.25, 0.3) is 0 Å². The minimum absolute atomic E-state index is 0.487. The van der Waals surface area contributed by atoms with Gasteiger partial charge in [0.1, 0.15) is 5.82 Å². The molecule has 0 atom stereocenters. The van der Waals surface area contributed by atoms with Crippen molar-refractivity contribution in [3.05, 3.63) is 29.7 Å². The third-order valence-electron chi connectivity index (χ3n) is 2.38. The highest BCUT2D eigenvalue weighted by atomic mass is 15.0. The topological polar surface area (TPSA) is 77.6 Å². The van der Waals surface area contributed by atoms with Crippen LogP contribution in [0.1, 0.15) is 18.2 Å². The van der Waals surface area contributed by atoms with Crippen molar-refractivity contribution in [2.75, 3.05) is 5.73 Å². The van der Waals surface area contributed by atoms with Gasteiger partial charge in [0.2, 0.25) is 0 Å². The molecule has 0 spiro atoms. The monoisotopic (exact) mass is 215 g/mol. The van der Waals surface area contributed by atoms with Crippen LogP contribution in [0.5, 0.6) is 0 Å². The molecule has 0 aliphatic heterocycles. The van der Waals surface area contributed by atoms with E-state index in [9.17, 15) is 0 Å². The first-order valence-electron chi connectivity index (χ1n) is 5.12. The van der Waals surface area contributed by atoms with Gasteiger partial charge in [-0.05, 0) is 19.4 Å². The van der Waals surface area contributed by atoms with Gasteiger partial charge >= 0.3 is 0 Å². The van der Waals surface area contributed by atoms with Crippen LogP contribution in [-0.2, 0) is 6.42 Å². The Balaban J connectivity index is 2.55. The molecule has 2 aromatic heterocycles. The van der Waals surface area contributed by atoms with E-state index in [2.05, 4.69) is 19.9 Å². The molecule has 0 aromatic carbocycles. The summed E-state index contributed by atoms with van der Waals surface area (Å²) >= 11 is 0. The highest BCUT2D eigenvalue weighted by Crippen LogP contribution is 2.17. The van der Waals surface area contributed by atoms with Crippen LogP contribution in [0, 0.1) is 6.92 Å². The summed E-state index contributed by atoms with van der Waals surface area (Å²) in [6.45, 7) is 3.95. The molecule has 2 N–H and O–H groups in total. The fraction of sp³-hybridized carbons (Fsp3) is 0.273. The number of nitrogen functional groups attached to an aromatic ring is 1.